The van der Waals surface area contributed by atoms with Crippen LogP contribution >= 0.6 is 43.2 Å². The molecule has 0 saturated heterocycles. The highest BCUT2D eigenvalue weighted by Crippen LogP contribution is 2.48. The van der Waals surface area contributed by atoms with E-state index < -0.39 is 0 Å². The Kier molecular flexibility index (Phi) is 4.99. The second-order valence-electron chi connectivity index (χ2n) is 6.51. The molecule has 1 unspecified atom stereocenters. The Balaban J connectivity index is 1.96. The van der Waals surface area contributed by atoms with E-state index in [1.54, 1.807) is 0 Å². The van der Waals surface area contributed by atoms with Crippen molar-refractivity contribution in [1.29, 1.82) is 0 Å². The minimum atomic E-state index is 0.482. The third-order valence-electron chi connectivity index (χ3n) is 4.31. The van der Waals surface area contributed by atoms with Crippen LogP contribution in [0.4, 0.5) is 0 Å². The van der Waals surface area contributed by atoms with Gasteiger partial charge in [-0.3, -0.25) is 0 Å². The van der Waals surface area contributed by atoms with Gasteiger partial charge in [-0.2, -0.15) is 0 Å². The zero-order valence-electron chi connectivity index (χ0n) is 11.4. The second-order valence-corrected chi connectivity index (χ2v) is 9.30. The smallest absolute Gasteiger partial charge is 0.0528 e. The van der Waals surface area contributed by atoms with Gasteiger partial charge in [0.25, 0.3) is 0 Å². The van der Waals surface area contributed by atoms with E-state index in [0.717, 1.165) is 11.8 Å². The van der Waals surface area contributed by atoms with Crippen LogP contribution in [0.2, 0.25) is 0 Å². The summed E-state index contributed by atoms with van der Waals surface area (Å²) in [5, 5.41) is 2.18. The van der Waals surface area contributed by atoms with Crippen molar-refractivity contribution in [2.24, 2.45) is 17.3 Å². The van der Waals surface area contributed by atoms with Crippen molar-refractivity contribution < 1.29 is 0 Å². The molecule has 1 atom stereocenters. The molecule has 18 heavy (non-hydrogen) atoms. The molecular formula is C15H22Br2S. The van der Waals surface area contributed by atoms with Crippen molar-refractivity contribution in [1.82, 2.24) is 0 Å². The summed E-state index contributed by atoms with van der Waals surface area (Å²) in [7, 11) is 0. The highest BCUT2D eigenvalue weighted by molar-refractivity contribution is 9.11. The number of thiophene rings is 1. The Morgan fingerprint density at radius 3 is 2.28 bits per heavy atom. The zero-order chi connectivity index (χ0) is 13.3. The molecule has 1 aliphatic rings. The summed E-state index contributed by atoms with van der Waals surface area (Å²) in [5.74, 6) is 1.71. The molecule has 0 aromatic carbocycles. The molecule has 3 heteroatoms. The average molecular weight is 394 g/mol. The molecule has 1 aromatic heterocycles. The van der Waals surface area contributed by atoms with Crippen molar-refractivity contribution in [2.75, 3.05) is 0 Å². The quantitative estimate of drug-likeness (QED) is 0.484. The van der Waals surface area contributed by atoms with Crippen LogP contribution in [0.5, 0.6) is 0 Å². The predicted molar refractivity (Wildman–Crippen MR) is 88.6 cm³/mol. The second kappa shape index (κ2) is 5.97. The number of alkyl halides is 1. The lowest BCUT2D eigenvalue weighted by Gasteiger charge is -2.38. The van der Waals surface area contributed by atoms with Gasteiger partial charge in [0, 0.05) is 9.35 Å². The zero-order valence-corrected chi connectivity index (χ0v) is 15.4. The van der Waals surface area contributed by atoms with Crippen molar-refractivity contribution in [3.63, 3.8) is 0 Å². The number of hydrogen-bond donors (Lipinski definition) is 0. The highest BCUT2D eigenvalue weighted by Gasteiger charge is 2.33. The first-order valence-corrected chi connectivity index (χ1v) is 9.35. The fraction of sp³-hybridized carbons (Fsp3) is 0.733. The van der Waals surface area contributed by atoms with Crippen LogP contribution in [-0.2, 0) is 0 Å². The van der Waals surface area contributed by atoms with E-state index in [-0.39, 0.29) is 0 Å². The van der Waals surface area contributed by atoms with Gasteiger partial charge < -0.3 is 0 Å². The van der Waals surface area contributed by atoms with Gasteiger partial charge in [0.05, 0.1) is 4.83 Å². The Hall–Kier alpha value is 0.660. The van der Waals surface area contributed by atoms with E-state index in [2.05, 4.69) is 64.1 Å². The van der Waals surface area contributed by atoms with E-state index in [0.29, 0.717) is 10.2 Å². The first kappa shape index (κ1) is 15.1. The molecule has 0 radical (unpaired) electrons. The van der Waals surface area contributed by atoms with Crippen LogP contribution in [0.15, 0.2) is 15.9 Å². The molecule has 2 rings (SSSR count). The van der Waals surface area contributed by atoms with Gasteiger partial charge in [-0.05, 0) is 70.3 Å². The molecule has 0 nitrogen and oxygen atoms in total. The van der Waals surface area contributed by atoms with Crippen molar-refractivity contribution >= 4 is 43.2 Å². The predicted octanol–water partition coefficient (Wildman–Crippen LogP) is 6.80. The van der Waals surface area contributed by atoms with E-state index in [1.807, 2.05) is 11.3 Å². The third-order valence-corrected chi connectivity index (χ3v) is 7.77. The molecular weight excluding hydrogens is 372 g/mol. The average Bonchev–Trinajstić information content (AvgIpc) is 2.73. The maximum Gasteiger partial charge on any atom is 0.0528 e. The molecule has 0 N–H and O–H groups in total. The summed E-state index contributed by atoms with van der Waals surface area (Å²) in [6, 6.07) is 2.16. The fourth-order valence-electron chi connectivity index (χ4n) is 2.99. The molecule has 1 heterocycles. The van der Waals surface area contributed by atoms with Gasteiger partial charge in [-0.15, -0.1) is 11.3 Å². The van der Waals surface area contributed by atoms with Crippen LogP contribution < -0.4 is 0 Å². The number of hydrogen-bond acceptors (Lipinski definition) is 1. The van der Waals surface area contributed by atoms with Crippen molar-refractivity contribution in [3.8, 4) is 0 Å². The summed E-state index contributed by atoms with van der Waals surface area (Å²) < 4.78 is 1.27. The van der Waals surface area contributed by atoms with Crippen LogP contribution in [0.25, 0.3) is 0 Å². The van der Waals surface area contributed by atoms with Gasteiger partial charge in [-0.1, -0.05) is 36.7 Å². The lowest BCUT2D eigenvalue weighted by atomic mass is 9.69. The van der Waals surface area contributed by atoms with Gasteiger partial charge in [-0.25, -0.2) is 0 Å². The maximum absolute atomic E-state index is 3.93. The normalized spacial score (nSPS) is 27.2. The fourth-order valence-corrected chi connectivity index (χ4v) is 6.09. The van der Waals surface area contributed by atoms with Crippen LogP contribution in [0.3, 0.4) is 0 Å². The van der Waals surface area contributed by atoms with Crippen LogP contribution in [-0.4, -0.2) is 0 Å². The monoisotopic (exact) mass is 392 g/mol. The summed E-state index contributed by atoms with van der Waals surface area (Å²) >= 11 is 9.45. The topological polar surface area (TPSA) is 0 Å². The molecule has 0 aliphatic heterocycles. The Labute approximate surface area is 132 Å². The molecule has 1 saturated carbocycles. The maximum atomic E-state index is 3.93. The minimum absolute atomic E-state index is 0.482. The molecule has 1 aromatic rings. The molecule has 0 bridgehead atoms. The number of rotatable bonds is 2. The lowest BCUT2D eigenvalue weighted by molar-refractivity contribution is 0.150. The summed E-state index contributed by atoms with van der Waals surface area (Å²) in [4.78, 5) is 2.00. The van der Waals surface area contributed by atoms with Gasteiger partial charge in [0.1, 0.15) is 0 Å². The SMILES string of the molecule is CC(C)(C)C1CCC(C(Br)c2sccc2Br)CC1. The molecule has 0 spiro atoms. The summed E-state index contributed by atoms with van der Waals surface area (Å²) in [6.07, 6.45) is 5.50. The van der Waals surface area contributed by atoms with Gasteiger partial charge >= 0.3 is 0 Å². The molecule has 1 aliphatic carbocycles. The first-order chi connectivity index (χ1) is 8.39. The van der Waals surface area contributed by atoms with E-state index in [9.17, 15) is 0 Å². The van der Waals surface area contributed by atoms with Gasteiger partial charge in [0.15, 0.2) is 0 Å². The highest BCUT2D eigenvalue weighted by atomic mass is 79.9. The number of halogens is 2. The molecule has 0 amide bonds. The Morgan fingerprint density at radius 1 is 1.22 bits per heavy atom. The standard InChI is InChI=1S/C15H22Br2S/c1-15(2,3)11-6-4-10(5-7-11)13(17)14-12(16)8-9-18-14/h8-11,13H,4-7H2,1-3H3. The van der Waals surface area contributed by atoms with Crippen LogP contribution in [0, 0.1) is 17.3 Å². The third kappa shape index (κ3) is 3.40. The van der Waals surface area contributed by atoms with E-state index in [1.165, 1.54) is 35.0 Å². The van der Waals surface area contributed by atoms with E-state index in [4.69, 9.17) is 0 Å². The Bertz CT molecular complexity index is 383. The van der Waals surface area contributed by atoms with Gasteiger partial charge in [0.2, 0.25) is 0 Å². The largest absolute Gasteiger partial charge is 0.147 e. The van der Waals surface area contributed by atoms with E-state index >= 15 is 0 Å². The summed E-state index contributed by atoms with van der Waals surface area (Å²) in [5.41, 5.74) is 0.482. The summed E-state index contributed by atoms with van der Waals surface area (Å²) in [6.45, 7) is 7.17. The van der Waals surface area contributed by atoms with Crippen molar-refractivity contribution in [3.05, 3.63) is 20.8 Å². The first-order valence-electron chi connectivity index (χ1n) is 6.76. The lowest BCUT2D eigenvalue weighted by Crippen LogP contribution is -2.27. The molecule has 1 fully saturated rings. The van der Waals surface area contributed by atoms with Crippen LogP contribution in [0.1, 0.15) is 56.2 Å². The minimum Gasteiger partial charge on any atom is -0.147 e. The van der Waals surface area contributed by atoms with Crippen molar-refractivity contribution in [2.45, 2.75) is 51.3 Å². The Morgan fingerprint density at radius 2 is 1.83 bits per heavy atom. The molecule has 102 valence electrons.